The summed E-state index contributed by atoms with van der Waals surface area (Å²) in [4.78, 5) is 24.9. The lowest BCUT2D eigenvalue weighted by Gasteiger charge is -2.13. The van der Waals surface area contributed by atoms with E-state index in [1.807, 2.05) is 64.1 Å². The second-order valence-electron chi connectivity index (χ2n) is 6.81. The van der Waals surface area contributed by atoms with Gasteiger partial charge in [-0.05, 0) is 73.5 Å². The number of carbonyl (C=O) groups excluding carboxylic acids is 2. The lowest BCUT2D eigenvalue weighted by atomic mass is 9.97. The highest BCUT2D eigenvalue weighted by atomic mass is 16.5. The second-order valence-corrected chi connectivity index (χ2v) is 6.81. The fourth-order valence-corrected chi connectivity index (χ4v) is 2.96. The summed E-state index contributed by atoms with van der Waals surface area (Å²) < 4.78 is 10.7. The van der Waals surface area contributed by atoms with E-state index in [1.165, 1.54) is 0 Å². The van der Waals surface area contributed by atoms with E-state index in [1.54, 1.807) is 12.1 Å². The van der Waals surface area contributed by atoms with Gasteiger partial charge in [-0.1, -0.05) is 24.3 Å². The van der Waals surface area contributed by atoms with Crippen LogP contribution in [0.4, 0.5) is 0 Å². The summed E-state index contributed by atoms with van der Waals surface area (Å²) in [5.74, 6) is -0.737. The standard InChI is InChI=1S/C22H22O4/c1-13(2)25-21(23)17-9-5-7-15-11-16-8-6-10-18(20(16)12-19(15)17)22(24)26-14(3)4/h5-14H,1-4H3. The van der Waals surface area contributed by atoms with Gasteiger partial charge in [0, 0.05) is 0 Å². The molecule has 4 heteroatoms. The van der Waals surface area contributed by atoms with E-state index in [0.717, 1.165) is 21.5 Å². The molecule has 0 radical (unpaired) electrons. The van der Waals surface area contributed by atoms with Crippen LogP contribution in [-0.4, -0.2) is 24.1 Å². The maximum Gasteiger partial charge on any atom is 0.339 e. The Morgan fingerprint density at radius 3 is 1.50 bits per heavy atom. The largest absolute Gasteiger partial charge is 0.459 e. The lowest BCUT2D eigenvalue weighted by Crippen LogP contribution is -2.12. The van der Waals surface area contributed by atoms with Crippen LogP contribution in [0.2, 0.25) is 0 Å². The second kappa shape index (κ2) is 7.16. The third kappa shape index (κ3) is 3.54. The van der Waals surface area contributed by atoms with E-state index in [4.69, 9.17) is 9.47 Å². The van der Waals surface area contributed by atoms with E-state index < -0.39 is 0 Å². The Kier molecular flexibility index (Phi) is 4.94. The summed E-state index contributed by atoms with van der Waals surface area (Å²) in [6.07, 6.45) is -0.399. The van der Waals surface area contributed by atoms with E-state index >= 15 is 0 Å². The first-order chi connectivity index (χ1) is 12.4. The van der Waals surface area contributed by atoms with Crippen molar-refractivity contribution in [1.82, 2.24) is 0 Å². The van der Waals surface area contributed by atoms with E-state index in [0.29, 0.717) is 11.1 Å². The van der Waals surface area contributed by atoms with Crippen LogP contribution in [0.15, 0.2) is 48.5 Å². The van der Waals surface area contributed by atoms with Gasteiger partial charge in [-0.25, -0.2) is 9.59 Å². The summed E-state index contributed by atoms with van der Waals surface area (Å²) in [7, 11) is 0. The Morgan fingerprint density at radius 2 is 1.12 bits per heavy atom. The molecule has 0 amide bonds. The van der Waals surface area contributed by atoms with Crippen LogP contribution in [0.3, 0.4) is 0 Å². The fourth-order valence-electron chi connectivity index (χ4n) is 2.96. The number of hydrogen-bond donors (Lipinski definition) is 0. The SMILES string of the molecule is CC(C)OC(=O)c1cccc2cc3cccc(C(=O)OC(C)C)c3cc12. The predicted octanol–water partition coefficient (Wildman–Crippen LogP) is 5.12. The summed E-state index contributed by atoms with van der Waals surface area (Å²) in [5.41, 5.74) is 0.982. The van der Waals surface area contributed by atoms with Gasteiger partial charge in [0.1, 0.15) is 0 Å². The summed E-state index contributed by atoms with van der Waals surface area (Å²) in [6.45, 7) is 7.27. The fraction of sp³-hybridized carbons (Fsp3) is 0.273. The lowest BCUT2D eigenvalue weighted by molar-refractivity contribution is 0.0370. The minimum Gasteiger partial charge on any atom is -0.459 e. The van der Waals surface area contributed by atoms with Crippen LogP contribution in [0.5, 0.6) is 0 Å². The average Bonchev–Trinajstić information content (AvgIpc) is 2.57. The van der Waals surface area contributed by atoms with Crippen molar-refractivity contribution in [3.63, 3.8) is 0 Å². The van der Waals surface area contributed by atoms with Crippen molar-refractivity contribution in [3.05, 3.63) is 59.7 Å². The van der Waals surface area contributed by atoms with Gasteiger partial charge >= 0.3 is 11.9 Å². The highest BCUT2D eigenvalue weighted by Crippen LogP contribution is 2.29. The molecule has 0 aliphatic rings. The molecule has 0 fully saturated rings. The van der Waals surface area contributed by atoms with Gasteiger partial charge in [0.15, 0.2) is 0 Å². The highest BCUT2D eigenvalue weighted by molar-refractivity contribution is 6.13. The first-order valence-electron chi connectivity index (χ1n) is 8.74. The molecule has 0 bridgehead atoms. The number of fused-ring (bicyclic) bond motifs is 2. The summed E-state index contributed by atoms with van der Waals surface area (Å²) in [6, 6.07) is 14.9. The minimum atomic E-state index is -0.368. The van der Waals surface area contributed by atoms with Crippen molar-refractivity contribution in [3.8, 4) is 0 Å². The molecule has 4 nitrogen and oxygen atoms in total. The van der Waals surface area contributed by atoms with Crippen molar-refractivity contribution in [2.24, 2.45) is 0 Å². The van der Waals surface area contributed by atoms with E-state index in [2.05, 4.69) is 0 Å². The molecular weight excluding hydrogens is 328 g/mol. The van der Waals surface area contributed by atoms with Crippen molar-refractivity contribution >= 4 is 33.5 Å². The average molecular weight is 350 g/mol. The molecule has 3 aromatic carbocycles. The molecule has 0 atom stereocenters. The zero-order valence-electron chi connectivity index (χ0n) is 15.4. The molecule has 0 saturated carbocycles. The van der Waals surface area contributed by atoms with Crippen LogP contribution < -0.4 is 0 Å². The molecular formula is C22H22O4. The number of rotatable bonds is 4. The molecule has 0 N–H and O–H groups in total. The van der Waals surface area contributed by atoms with Crippen LogP contribution >= 0.6 is 0 Å². The molecule has 3 rings (SSSR count). The zero-order chi connectivity index (χ0) is 18.8. The number of ether oxygens (including phenoxy) is 2. The molecule has 0 saturated heterocycles. The monoisotopic (exact) mass is 350 g/mol. The van der Waals surface area contributed by atoms with Gasteiger partial charge in [-0.15, -0.1) is 0 Å². The molecule has 0 aliphatic carbocycles. The Bertz CT molecular complexity index is 909. The van der Waals surface area contributed by atoms with Crippen LogP contribution in [0.1, 0.15) is 48.4 Å². The Hall–Kier alpha value is -2.88. The Balaban J connectivity index is 2.21. The number of hydrogen-bond acceptors (Lipinski definition) is 4. The quantitative estimate of drug-likeness (QED) is 0.484. The Labute approximate surface area is 152 Å². The zero-order valence-corrected chi connectivity index (χ0v) is 15.4. The number of benzene rings is 3. The molecule has 0 aliphatic heterocycles. The van der Waals surface area contributed by atoms with Crippen molar-refractivity contribution in [2.75, 3.05) is 0 Å². The smallest absolute Gasteiger partial charge is 0.339 e. The van der Waals surface area contributed by atoms with E-state index in [-0.39, 0.29) is 24.1 Å². The summed E-state index contributed by atoms with van der Waals surface area (Å²) >= 11 is 0. The van der Waals surface area contributed by atoms with Gasteiger partial charge in [-0.2, -0.15) is 0 Å². The summed E-state index contributed by atoms with van der Waals surface area (Å²) in [5, 5.41) is 3.36. The maximum absolute atomic E-state index is 12.5. The predicted molar refractivity (Wildman–Crippen MR) is 103 cm³/mol. The van der Waals surface area contributed by atoms with Crippen LogP contribution in [0.25, 0.3) is 21.5 Å². The van der Waals surface area contributed by atoms with Crippen molar-refractivity contribution in [2.45, 2.75) is 39.9 Å². The maximum atomic E-state index is 12.5. The Morgan fingerprint density at radius 1 is 0.692 bits per heavy atom. The first kappa shape index (κ1) is 17.9. The molecule has 134 valence electrons. The van der Waals surface area contributed by atoms with Gasteiger partial charge in [0.05, 0.1) is 23.3 Å². The number of esters is 2. The topological polar surface area (TPSA) is 52.6 Å². The molecule has 0 heterocycles. The van der Waals surface area contributed by atoms with Crippen LogP contribution in [-0.2, 0) is 9.47 Å². The molecule has 0 spiro atoms. The molecule has 0 aromatic heterocycles. The first-order valence-corrected chi connectivity index (χ1v) is 8.74. The normalized spacial score (nSPS) is 11.3. The highest BCUT2D eigenvalue weighted by Gasteiger charge is 2.17. The molecule has 26 heavy (non-hydrogen) atoms. The van der Waals surface area contributed by atoms with Gasteiger partial charge in [-0.3, -0.25) is 0 Å². The molecule has 0 unspecified atom stereocenters. The van der Waals surface area contributed by atoms with Gasteiger partial charge < -0.3 is 9.47 Å². The van der Waals surface area contributed by atoms with E-state index in [9.17, 15) is 9.59 Å². The van der Waals surface area contributed by atoms with Crippen molar-refractivity contribution in [1.29, 1.82) is 0 Å². The number of carbonyl (C=O) groups is 2. The minimum absolute atomic E-state index is 0.199. The van der Waals surface area contributed by atoms with Gasteiger partial charge in [0.2, 0.25) is 0 Å². The van der Waals surface area contributed by atoms with Gasteiger partial charge in [0.25, 0.3) is 0 Å². The molecule has 3 aromatic rings. The third-order valence-corrected chi connectivity index (χ3v) is 4.00. The van der Waals surface area contributed by atoms with Crippen LogP contribution in [0, 0.1) is 0 Å². The third-order valence-electron chi connectivity index (χ3n) is 4.00. The van der Waals surface area contributed by atoms with Crippen molar-refractivity contribution < 1.29 is 19.1 Å².